The number of allylic oxidation sites excluding steroid dienone is 1. The predicted molar refractivity (Wildman–Crippen MR) is 164 cm³/mol. The topological polar surface area (TPSA) is 93.1 Å². The van der Waals surface area contributed by atoms with E-state index in [9.17, 15) is 4.79 Å². The molecule has 0 aromatic heterocycles. The smallest absolute Gasteiger partial charge is 0.335 e. The Kier molecular flexibility index (Phi) is 23.1. The number of methoxy groups -OCH3 is 1. The van der Waals surface area contributed by atoms with E-state index in [-0.39, 0.29) is 24.7 Å². The number of aldehydes is 1. The SMILES string of the molecule is C=C(CO)C(=O)OCC(COC)C1CCC(CCc2ccc(CCCCC)cc2)CC1CC.C=CC=O.CCO. The number of carbonyl (C=O) groups excluding carboxylic acids is 2. The zero-order valence-electron chi connectivity index (χ0n) is 25.6. The maximum Gasteiger partial charge on any atom is 0.335 e. The van der Waals surface area contributed by atoms with Crippen molar-refractivity contribution in [2.45, 2.75) is 85.0 Å². The van der Waals surface area contributed by atoms with Gasteiger partial charge in [-0.05, 0) is 80.4 Å². The molecule has 40 heavy (non-hydrogen) atoms. The molecule has 1 aliphatic carbocycles. The largest absolute Gasteiger partial charge is 0.462 e. The van der Waals surface area contributed by atoms with Crippen LogP contribution in [0.25, 0.3) is 0 Å². The summed E-state index contributed by atoms with van der Waals surface area (Å²) in [5, 5.41) is 16.7. The van der Waals surface area contributed by atoms with Crippen molar-refractivity contribution in [1.29, 1.82) is 0 Å². The molecule has 0 spiro atoms. The monoisotopic (exact) mass is 560 g/mol. The first-order valence-corrected chi connectivity index (χ1v) is 15.0. The molecule has 2 N–H and O–H groups in total. The number of benzene rings is 1. The van der Waals surface area contributed by atoms with Crippen LogP contribution < -0.4 is 0 Å². The summed E-state index contributed by atoms with van der Waals surface area (Å²) in [6, 6.07) is 9.29. The molecule has 0 heterocycles. The summed E-state index contributed by atoms with van der Waals surface area (Å²) < 4.78 is 10.9. The number of esters is 1. The van der Waals surface area contributed by atoms with Crippen molar-refractivity contribution in [2.24, 2.45) is 23.7 Å². The number of ether oxygens (including phenoxy) is 2. The second-order valence-corrected chi connectivity index (χ2v) is 10.6. The van der Waals surface area contributed by atoms with Crippen molar-refractivity contribution < 1.29 is 29.3 Å². The molecular formula is C34H56O6. The van der Waals surface area contributed by atoms with Crippen LogP contribution in [0.4, 0.5) is 0 Å². The molecule has 6 nitrogen and oxygen atoms in total. The molecule has 1 fully saturated rings. The van der Waals surface area contributed by atoms with Crippen LogP contribution in [0.5, 0.6) is 0 Å². The fourth-order valence-corrected chi connectivity index (χ4v) is 5.42. The van der Waals surface area contributed by atoms with E-state index in [0.717, 1.165) is 25.2 Å². The molecular weight excluding hydrogens is 504 g/mol. The Labute approximate surface area is 243 Å². The average molecular weight is 561 g/mol. The van der Waals surface area contributed by atoms with E-state index in [2.05, 4.69) is 51.3 Å². The first kappa shape index (κ1) is 37.7. The standard InChI is InChI=1S/C29H46O4.C3H4O.C2H6O/c1-5-7-8-9-23-10-12-24(13-11-23)14-15-25-16-17-28(26(6-2)18-25)27(20-32-4)21-33-29(31)22(3)19-30;1-2-3-4;1-2-3/h10-13,25-28,30H,3,5-9,14-21H2,1-2,4H3;2-3H,1H2;3H,2H2,1H3. The highest BCUT2D eigenvalue weighted by atomic mass is 16.5. The molecule has 1 aromatic rings. The quantitative estimate of drug-likeness (QED) is 0.104. The maximum absolute atomic E-state index is 12.0. The number of rotatable bonds is 16. The number of unbranched alkanes of at least 4 members (excludes halogenated alkanes) is 2. The molecule has 0 aliphatic heterocycles. The van der Waals surface area contributed by atoms with Crippen LogP contribution in [0.15, 0.2) is 49.1 Å². The third kappa shape index (κ3) is 16.1. The Balaban J connectivity index is 0.00000195. The number of aryl methyl sites for hydroxylation is 2. The van der Waals surface area contributed by atoms with Gasteiger partial charge in [-0.25, -0.2) is 4.79 Å². The zero-order valence-corrected chi connectivity index (χ0v) is 25.6. The van der Waals surface area contributed by atoms with Crippen LogP contribution in [-0.4, -0.2) is 56.0 Å². The molecule has 4 atom stereocenters. The fraction of sp³-hybridized carbons (Fsp3) is 0.647. The second kappa shape index (κ2) is 24.5. The van der Waals surface area contributed by atoms with Gasteiger partial charge in [-0.2, -0.15) is 0 Å². The maximum atomic E-state index is 12.0. The summed E-state index contributed by atoms with van der Waals surface area (Å²) in [5.41, 5.74) is 3.03. The molecule has 1 aliphatic rings. The van der Waals surface area contributed by atoms with Crippen molar-refractivity contribution in [2.75, 3.05) is 33.5 Å². The van der Waals surface area contributed by atoms with Gasteiger partial charge in [0, 0.05) is 19.6 Å². The molecule has 0 saturated heterocycles. The van der Waals surface area contributed by atoms with Gasteiger partial charge in [0.15, 0.2) is 0 Å². The molecule has 4 unspecified atom stereocenters. The summed E-state index contributed by atoms with van der Waals surface area (Å²) in [4.78, 5) is 21.0. The number of aliphatic hydroxyl groups excluding tert-OH is 2. The van der Waals surface area contributed by atoms with Crippen LogP contribution in [-0.2, 0) is 31.9 Å². The van der Waals surface area contributed by atoms with Crippen LogP contribution in [0, 0.1) is 23.7 Å². The lowest BCUT2D eigenvalue weighted by molar-refractivity contribution is -0.142. The Bertz CT molecular complexity index is 797. The molecule has 0 bridgehead atoms. The Morgan fingerprint density at radius 1 is 1.05 bits per heavy atom. The Hall–Kier alpha value is -2.28. The van der Waals surface area contributed by atoms with Gasteiger partial charge in [0.1, 0.15) is 6.29 Å². The van der Waals surface area contributed by atoms with Gasteiger partial charge in [-0.3, -0.25) is 4.79 Å². The molecule has 1 saturated carbocycles. The van der Waals surface area contributed by atoms with E-state index >= 15 is 0 Å². The van der Waals surface area contributed by atoms with Crippen LogP contribution in [0.3, 0.4) is 0 Å². The van der Waals surface area contributed by atoms with Gasteiger partial charge in [-0.15, -0.1) is 0 Å². The van der Waals surface area contributed by atoms with Crippen LogP contribution in [0.2, 0.25) is 0 Å². The number of hydrogen-bond acceptors (Lipinski definition) is 6. The van der Waals surface area contributed by atoms with Gasteiger partial charge in [0.2, 0.25) is 0 Å². The summed E-state index contributed by atoms with van der Waals surface area (Å²) in [5.74, 6) is 1.58. The number of carbonyl (C=O) groups is 2. The van der Waals surface area contributed by atoms with Crippen molar-refractivity contribution >= 4 is 12.3 Å². The summed E-state index contributed by atoms with van der Waals surface area (Å²) in [7, 11) is 1.71. The normalized spacial score (nSPS) is 18.7. The third-order valence-corrected chi connectivity index (χ3v) is 7.60. The van der Waals surface area contributed by atoms with Crippen molar-refractivity contribution in [3.63, 3.8) is 0 Å². The molecule has 0 radical (unpaired) electrons. The third-order valence-electron chi connectivity index (χ3n) is 7.60. The lowest BCUT2D eigenvalue weighted by Crippen LogP contribution is -2.35. The van der Waals surface area contributed by atoms with E-state index in [1.807, 2.05) is 0 Å². The van der Waals surface area contributed by atoms with Gasteiger partial charge >= 0.3 is 5.97 Å². The van der Waals surface area contributed by atoms with Gasteiger partial charge in [0.25, 0.3) is 0 Å². The molecule has 6 heteroatoms. The van der Waals surface area contributed by atoms with E-state index < -0.39 is 5.97 Å². The fourth-order valence-electron chi connectivity index (χ4n) is 5.42. The minimum atomic E-state index is -0.503. The second-order valence-electron chi connectivity index (χ2n) is 10.6. The van der Waals surface area contributed by atoms with Gasteiger partial charge in [0.05, 0.1) is 25.4 Å². The Morgan fingerprint density at radius 2 is 1.65 bits per heavy atom. The van der Waals surface area contributed by atoms with E-state index in [1.165, 1.54) is 62.1 Å². The Morgan fingerprint density at radius 3 is 2.15 bits per heavy atom. The van der Waals surface area contributed by atoms with E-state index in [0.29, 0.717) is 31.3 Å². The van der Waals surface area contributed by atoms with E-state index in [4.69, 9.17) is 24.5 Å². The van der Waals surface area contributed by atoms with E-state index in [1.54, 1.807) is 14.0 Å². The lowest BCUT2D eigenvalue weighted by atomic mass is 9.67. The highest BCUT2D eigenvalue weighted by molar-refractivity contribution is 5.87. The molecule has 1 aromatic carbocycles. The highest BCUT2D eigenvalue weighted by Gasteiger charge is 2.35. The molecule has 228 valence electrons. The summed E-state index contributed by atoms with van der Waals surface area (Å²) in [6.07, 6.45) is 14.1. The van der Waals surface area contributed by atoms with Crippen molar-refractivity contribution in [3.05, 3.63) is 60.2 Å². The van der Waals surface area contributed by atoms with Crippen molar-refractivity contribution in [3.8, 4) is 0 Å². The minimum absolute atomic E-state index is 0.107. The van der Waals surface area contributed by atoms with Crippen LogP contribution in [0.1, 0.15) is 83.3 Å². The van der Waals surface area contributed by atoms with Crippen molar-refractivity contribution in [1.82, 2.24) is 0 Å². The highest BCUT2D eigenvalue weighted by Crippen LogP contribution is 2.41. The average Bonchev–Trinajstić information content (AvgIpc) is 2.98. The zero-order chi connectivity index (χ0) is 30.2. The molecule has 0 amide bonds. The summed E-state index contributed by atoms with van der Waals surface area (Å²) in [6.45, 7) is 13.7. The molecule has 2 rings (SSSR count). The number of aliphatic hydroxyl groups is 2. The lowest BCUT2D eigenvalue weighted by Gasteiger charge is -2.40. The minimum Gasteiger partial charge on any atom is -0.462 e. The first-order valence-electron chi connectivity index (χ1n) is 15.0. The summed E-state index contributed by atoms with van der Waals surface area (Å²) >= 11 is 0. The van der Waals surface area contributed by atoms with Crippen LogP contribution >= 0.6 is 0 Å². The van der Waals surface area contributed by atoms with Gasteiger partial charge in [-0.1, -0.05) is 77.0 Å². The first-order chi connectivity index (χ1) is 19.3. The number of hydrogen-bond donors (Lipinski definition) is 2. The van der Waals surface area contributed by atoms with Gasteiger partial charge < -0.3 is 19.7 Å². The predicted octanol–water partition coefficient (Wildman–Crippen LogP) is 6.52.